The lowest BCUT2D eigenvalue weighted by Gasteiger charge is -2.18. The molecule has 0 saturated heterocycles. The van der Waals surface area contributed by atoms with Crippen LogP contribution in [0, 0.1) is 0 Å². The van der Waals surface area contributed by atoms with Gasteiger partial charge in [0.2, 0.25) is 0 Å². The molecule has 3 nitrogen and oxygen atoms in total. The van der Waals surface area contributed by atoms with Crippen molar-refractivity contribution < 1.29 is 4.74 Å². The van der Waals surface area contributed by atoms with E-state index in [0.717, 1.165) is 26.0 Å². The van der Waals surface area contributed by atoms with Crippen molar-refractivity contribution in [3.8, 4) is 0 Å². The second-order valence-electron chi connectivity index (χ2n) is 4.92. The van der Waals surface area contributed by atoms with Crippen molar-refractivity contribution in [1.29, 1.82) is 0 Å². The zero-order valence-corrected chi connectivity index (χ0v) is 12.3. The number of fused-ring (bicyclic) bond motifs is 1. The van der Waals surface area contributed by atoms with Crippen molar-refractivity contribution in [3.05, 3.63) is 15.6 Å². The number of hydrogen-bond acceptors (Lipinski definition) is 4. The van der Waals surface area contributed by atoms with Gasteiger partial charge in [-0.1, -0.05) is 13.3 Å². The molecule has 1 aliphatic carbocycles. The molecule has 0 aliphatic heterocycles. The van der Waals surface area contributed by atoms with Gasteiger partial charge >= 0.3 is 0 Å². The molecular formula is C14H24N2OS. The Morgan fingerprint density at radius 3 is 3.00 bits per heavy atom. The Hall–Kier alpha value is -0.450. The van der Waals surface area contributed by atoms with Crippen molar-refractivity contribution in [1.82, 2.24) is 4.98 Å². The van der Waals surface area contributed by atoms with E-state index in [0.29, 0.717) is 5.92 Å². The molecule has 1 aromatic heterocycles. The Bertz CT molecular complexity index is 372. The van der Waals surface area contributed by atoms with E-state index in [4.69, 9.17) is 15.5 Å². The van der Waals surface area contributed by atoms with Crippen LogP contribution in [-0.4, -0.2) is 18.1 Å². The van der Waals surface area contributed by atoms with Crippen LogP contribution in [0.25, 0.3) is 0 Å². The van der Waals surface area contributed by atoms with Gasteiger partial charge in [-0.25, -0.2) is 4.98 Å². The summed E-state index contributed by atoms with van der Waals surface area (Å²) in [6.45, 7) is 5.74. The lowest BCUT2D eigenvalue weighted by Crippen LogP contribution is -2.17. The minimum absolute atomic E-state index is 0.189. The van der Waals surface area contributed by atoms with Crippen LogP contribution in [0.15, 0.2) is 0 Å². The maximum Gasteiger partial charge on any atom is 0.122 e. The lowest BCUT2D eigenvalue weighted by atomic mass is 9.91. The summed E-state index contributed by atoms with van der Waals surface area (Å²) in [6.07, 6.45) is 6.01. The van der Waals surface area contributed by atoms with E-state index in [-0.39, 0.29) is 6.10 Å². The number of hydrogen-bond donors (Lipinski definition) is 1. The maximum absolute atomic E-state index is 5.85. The van der Waals surface area contributed by atoms with Crippen molar-refractivity contribution in [3.63, 3.8) is 0 Å². The first-order valence-electron chi connectivity index (χ1n) is 7.11. The van der Waals surface area contributed by atoms with E-state index < -0.39 is 0 Å². The minimum atomic E-state index is 0.189. The first kappa shape index (κ1) is 14.0. The molecule has 2 N–H and O–H groups in total. The first-order chi connectivity index (χ1) is 8.80. The molecule has 0 amide bonds. The average molecular weight is 268 g/mol. The van der Waals surface area contributed by atoms with Crippen LogP contribution in [0.4, 0.5) is 0 Å². The molecule has 2 atom stereocenters. The first-order valence-corrected chi connectivity index (χ1v) is 7.92. The van der Waals surface area contributed by atoms with Crippen LogP contribution in [0.1, 0.15) is 67.1 Å². The highest BCUT2D eigenvalue weighted by Gasteiger charge is 2.26. The molecule has 0 spiro atoms. The molecule has 0 bridgehead atoms. The van der Waals surface area contributed by atoms with Gasteiger partial charge in [-0.3, -0.25) is 0 Å². The molecule has 4 heteroatoms. The Labute approximate surface area is 114 Å². The third-order valence-electron chi connectivity index (χ3n) is 3.57. The van der Waals surface area contributed by atoms with E-state index in [1.54, 1.807) is 0 Å². The molecule has 0 saturated carbocycles. The SMILES string of the molecule is CCCC(OCC)c1nc2c(s1)CCCC2CN. The van der Waals surface area contributed by atoms with Crippen LogP contribution in [0.5, 0.6) is 0 Å². The van der Waals surface area contributed by atoms with Gasteiger partial charge in [0.25, 0.3) is 0 Å². The van der Waals surface area contributed by atoms with E-state index in [2.05, 4.69) is 13.8 Å². The average Bonchev–Trinajstić information content (AvgIpc) is 2.82. The second-order valence-corrected chi connectivity index (χ2v) is 6.03. The topological polar surface area (TPSA) is 48.1 Å². The Kier molecular flexibility index (Phi) is 5.15. The monoisotopic (exact) mass is 268 g/mol. The number of nitrogens with zero attached hydrogens (tertiary/aromatic N) is 1. The second kappa shape index (κ2) is 6.64. The van der Waals surface area contributed by atoms with E-state index >= 15 is 0 Å². The summed E-state index contributed by atoms with van der Waals surface area (Å²) < 4.78 is 5.83. The molecule has 102 valence electrons. The molecule has 1 aliphatic rings. The summed E-state index contributed by atoms with van der Waals surface area (Å²) in [5.41, 5.74) is 7.12. The number of nitrogens with two attached hydrogens (primary N) is 1. The van der Waals surface area contributed by atoms with Crippen molar-refractivity contribution in [2.24, 2.45) is 5.73 Å². The molecule has 2 rings (SSSR count). The Morgan fingerprint density at radius 2 is 2.33 bits per heavy atom. The number of aryl methyl sites for hydroxylation is 1. The molecular weight excluding hydrogens is 244 g/mol. The zero-order valence-electron chi connectivity index (χ0n) is 11.4. The molecule has 0 aromatic carbocycles. The summed E-state index contributed by atoms with van der Waals surface area (Å²) in [5, 5.41) is 1.17. The smallest absolute Gasteiger partial charge is 0.122 e. The summed E-state index contributed by atoms with van der Waals surface area (Å²) in [7, 11) is 0. The normalized spacial score (nSPS) is 20.7. The van der Waals surface area contributed by atoms with Gasteiger partial charge in [0.15, 0.2) is 0 Å². The van der Waals surface area contributed by atoms with Crippen LogP contribution in [0.2, 0.25) is 0 Å². The van der Waals surface area contributed by atoms with E-state index in [1.165, 1.54) is 34.8 Å². The van der Waals surface area contributed by atoms with Gasteiger partial charge in [0.1, 0.15) is 11.1 Å². The van der Waals surface area contributed by atoms with E-state index in [9.17, 15) is 0 Å². The van der Waals surface area contributed by atoms with Crippen LogP contribution >= 0.6 is 11.3 Å². The number of rotatable bonds is 6. The standard InChI is InChI=1S/C14H24N2OS/c1-3-6-11(17-4-2)14-16-13-10(9-15)7-5-8-12(13)18-14/h10-11H,3-9,15H2,1-2H3. The molecule has 1 heterocycles. The Morgan fingerprint density at radius 1 is 1.50 bits per heavy atom. The van der Waals surface area contributed by atoms with Gasteiger partial charge in [-0.05, 0) is 32.6 Å². The minimum Gasteiger partial charge on any atom is -0.371 e. The lowest BCUT2D eigenvalue weighted by molar-refractivity contribution is 0.0554. The van der Waals surface area contributed by atoms with Crippen LogP contribution < -0.4 is 5.73 Å². The van der Waals surface area contributed by atoms with Gasteiger partial charge in [0, 0.05) is 23.9 Å². The van der Waals surface area contributed by atoms with Crippen LogP contribution in [-0.2, 0) is 11.2 Å². The highest BCUT2D eigenvalue weighted by atomic mass is 32.1. The van der Waals surface area contributed by atoms with Gasteiger partial charge < -0.3 is 10.5 Å². The van der Waals surface area contributed by atoms with Gasteiger partial charge in [-0.2, -0.15) is 0 Å². The number of aromatic nitrogens is 1. The summed E-state index contributed by atoms with van der Waals surface area (Å²) >= 11 is 1.85. The number of thiazole rings is 1. The van der Waals surface area contributed by atoms with Crippen molar-refractivity contribution in [2.75, 3.05) is 13.2 Å². The summed E-state index contributed by atoms with van der Waals surface area (Å²) in [5.74, 6) is 0.475. The third kappa shape index (κ3) is 2.92. The van der Waals surface area contributed by atoms with Gasteiger partial charge in [0.05, 0.1) is 5.69 Å². The van der Waals surface area contributed by atoms with Crippen molar-refractivity contribution >= 4 is 11.3 Å². The van der Waals surface area contributed by atoms with E-state index in [1.807, 2.05) is 11.3 Å². The molecule has 2 unspecified atom stereocenters. The maximum atomic E-state index is 5.85. The highest BCUT2D eigenvalue weighted by Crippen LogP contribution is 2.37. The van der Waals surface area contributed by atoms with Gasteiger partial charge in [-0.15, -0.1) is 11.3 Å². The number of ether oxygens (including phenoxy) is 1. The van der Waals surface area contributed by atoms with Crippen molar-refractivity contribution in [2.45, 2.75) is 58.0 Å². The molecule has 0 fully saturated rings. The fourth-order valence-corrected chi connectivity index (χ4v) is 3.91. The largest absolute Gasteiger partial charge is 0.371 e. The predicted octanol–water partition coefficient (Wildman–Crippen LogP) is 3.40. The Balaban J connectivity index is 2.21. The fourth-order valence-electron chi connectivity index (χ4n) is 2.63. The molecule has 18 heavy (non-hydrogen) atoms. The predicted molar refractivity (Wildman–Crippen MR) is 76.1 cm³/mol. The summed E-state index contributed by atoms with van der Waals surface area (Å²) in [4.78, 5) is 6.31. The highest BCUT2D eigenvalue weighted by molar-refractivity contribution is 7.11. The summed E-state index contributed by atoms with van der Waals surface area (Å²) in [6, 6.07) is 0. The van der Waals surface area contributed by atoms with Crippen LogP contribution in [0.3, 0.4) is 0 Å². The fraction of sp³-hybridized carbons (Fsp3) is 0.786. The molecule has 1 aromatic rings. The third-order valence-corrected chi connectivity index (χ3v) is 4.79. The molecule has 0 radical (unpaired) electrons. The quantitative estimate of drug-likeness (QED) is 0.860. The zero-order chi connectivity index (χ0) is 13.0.